The molecule has 3 atom stereocenters. The Labute approximate surface area is 148 Å². The molecule has 1 amide bonds. The summed E-state index contributed by atoms with van der Waals surface area (Å²) in [4.78, 5) is 36.4. The lowest BCUT2D eigenvalue weighted by atomic mass is 10.0. The van der Waals surface area contributed by atoms with E-state index in [0.717, 1.165) is 16.7 Å². The van der Waals surface area contributed by atoms with E-state index in [4.69, 9.17) is 15.0 Å². The number of aliphatic carboxylic acids is 1. The fourth-order valence-corrected chi connectivity index (χ4v) is 6.78. The van der Waals surface area contributed by atoms with Gasteiger partial charge in [-0.3, -0.25) is 19.1 Å². The maximum atomic E-state index is 13.1. The van der Waals surface area contributed by atoms with Gasteiger partial charge in [0.25, 0.3) is 5.91 Å². The summed E-state index contributed by atoms with van der Waals surface area (Å²) in [5.41, 5.74) is 6.16. The molecule has 12 heteroatoms. The van der Waals surface area contributed by atoms with Gasteiger partial charge in [-0.25, -0.2) is 9.46 Å². The first-order valence-corrected chi connectivity index (χ1v) is 9.81. The van der Waals surface area contributed by atoms with Crippen molar-refractivity contribution < 1.29 is 33.3 Å². The van der Waals surface area contributed by atoms with Crippen molar-refractivity contribution in [3.05, 3.63) is 11.3 Å². The molecule has 3 N–H and O–H groups in total. The third-order valence-corrected chi connectivity index (χ3v) is 8.56. The van der Waals surface area contributed by atoms with Crippen LogP contribution in [0.25, 0.3) is 0 Å². The summed E-state index contributed by atoms with van der Waals surface area (Å²) in [5.74, 6) is -2.55. The number of carboxylic acids is 1. The molecular weight excluding hydrogens is 373 g/mol. The summed E-state index contributed by atoms with van der Waals surface area (Å²) in [6.07, 6.45) is 0. The predicted octanol–water partition coefficient (Wildman–Crippen LogP) is -0.141. The molecular formula is C13H20N3O7PS. The molecule has 2 heterocycles. The Bertz CT molecular complexity index is 710. The van der Waals surface area contributed by atoms with Gasteiger partial charge in [0.1, 0.15) is 17.7 Å². The number of β-lactam (4-membered cyclic amide) rings is 1. The normalized spacial score (nSPS) is 28.3. The van der Waals surface area contributed by atoms with E-state index in [0.29, 0.717) is 0 Å². The summed E-state index contributed by atoms with van der Waals surface area (Å²) in [7, 11) is 0.399. The number of nitrogens with two attached hydrogens (primary N) is 1. The number of amides is 1. The van der Waals surface area contributed by atoms with Crippen LogP contribution in [0.15, 0.2) is 11.3 Å². The zero-order valence-electron chi connectivity index (χ0n) is 14.2. The largest absolute Gasteiger partial charge is 0.477 e. The first-order valence-electron chi connectivity index (χ1n) is 7.18. The zero-order chi connectivity index (χ0) is 19.2. The molecule has 140 valence electrons. The van der Waals surface area contributed by atoms with Gasteiger partial charge >= 0.3 is 19.5 Å². The first kappa shape index (κ1) is 19.9. The summed E-state index contributed by atoms with van der Waals surface area (Å²) in [6, 6.07) is 0. The number of rotatable bonds is 6. The van der Waals surface area contributed by atoms with Crippen LogP contribution in [0, 0.1) is 0 Å². The molecule has 0 aromatic carbocycles. The van der Waals surface area contributed by atoms with Crippen molar-refractivity contribution in [1.82, 2.24) is 9.57 Å². The van der Waals surface area contributed by atoms with Crippen molar-refractivity contribution in [2.75, 3.05) is 33.6 Å². The van der Waals surface area contributed by atoms with Gasteiger partial charge in [0.15, 0.2) is 0 Å². The number of carbonyl (C=O) groups is 3. The molecule has 0 aromatic rings. The van der Waals surface area contributed by atoms with Gasteiger partial charge < -0.3 is 20.1 Å². The maximum Gasteiger partial charge on any atom is 0.352 e. The minimum absolute atomic E-state index is 0.166. The number of thioether (sulfide) groups is 1. The van der Waals surface area contributed by atoms with E-state index in [2.05, 4.69) is 0 Å². The molecule has 1 unspecified atom stereocenters. The fraction of sp³-hybridized carbons (Fsp3) is 0.615. The average molecular weight is 393 g/mol. The molecule has 2 aliphatic heterocycles. The van der Waals surface area contributed by atoms with Crippen LogP contribution < -0.4 is 5.73 Å². The van der Waals surface area contributed by atoms with Gasteiger partial charge in [-0.05, 0) is 14.1 Å². The van der Waals surface area contributed by atoms with Crippen LogP contribution >= 0.6 is 19.3 Å². The summed E-state index contributed by atoms with van der Waals surface area (Å²) < 4.78 is 24.3. The molecule has 0 bridgehead atoms. The van der Waals surface area contributed by atoms with Crippen LogP contribution in [0.2, 0.25) is 0 Å². The Morgan fingerprint density at radius 3 is 2.56 bits per heavy atom. The Morgan fingerprint density at radius 1 is 1.52 bits per heavy atom. The van der Waals surface area contributed by atoms with Crippen LogP contribution in [0.1, 0.15) is 6.92 Å². The van der Waals surface area contributed by atoms with E-state index in [1.807, 2.05) is 0 Å². The Hall–Kier alpha value is -1.39. The van der Waals surface area contributed by atoms with Crippen molar-refractivity contribution in [2.45, 2.75) is 17.6 Å². The number of hydrogen-bond donors (Lipinski definition) is 2. The van der Waals surface area contributed by atoms with Crippen molar-refractivity contribution >= 4 is 37.1 Å². The highest BCUT2D eigenvalue weighted by atomic mass is 32.2. The lowest BCUT2D eigenvalue weighted by Gasteiger charge is -2.57. The van der Waals surface area contributed by atoms with Gasteiger partial charge in [-0.1, -0.05) is 0 Å². The van der Waals surface area contributed by atoms with E-state index >= 15 is 0 Å². The van der Waals surface area contributed by atoms with Gasteiger partial charge in [-0.2, -0.15) is 0 Å². The van der Waals surface area contributed by atoms with Gasteiger partial charge in [0.05, 0.1) is 0 Å². The monoisotopic (exact) mass is 393 g/mol. The SMILES string of the molecule is COP(=O)(N(C)C)[C@]1(N)C(=O)N2C(C(=O)O)=C(COC(C)=O)CS[C@@H]21. The van der Waals surface area contributed by atoms with Gasteiger partial charge in [0.2, 0.25) is 5.28 Å². The average Bonchev–Trinajstić information content (AvgIpc) is 2.56. The molecule has 1 fully saturated rings. The van der Waals surface area contributed by atoms with Gasteiger partial charge in [0, 0.05) is 25.4 Å². The van der Waals surface area contributed by atoms with Crippen LogP contribution in [0.3, 0.4) is 0 Å². The molecule has 0 saturated carbocycles. The number of fused-ring (bicyclic) bond motifs is 1. The second-order valence-corrected chi connectivity index (χ2v) is 9.77. The topological polar surface area (TPSA) is 139 Å². The standard InChI is InChI=1S/C13H20N3O7PS/c1-7(17)23-5-8-6-25-12-13(14,24(21,22-4)15(2)3)11(20)16(12)9(8)10(18)19/h12H,5-6,14H2,1-4H3,(H,18,19)/t12-,13-,24?/m1/s1. The van der Waals surface area contributed by atoms with Crippen LogP contribution in [-0.2, 0) is 28.2 Å². The Kier molecular flexibility index (Phi) is 5.36. The molecule has 2 aliphatic rings. The summed E-state index contributed by atoms with van der Waals surface area (Å²) >= 11 is 1.15. The third kappa shape index (κ3) is 2.80. The minimum Gasteiger partial charge on any atom is -0.477 e. The Morgan fingerprint density at radius 2 is 2.12 bits per heavy atom. The highest BCUT2D eigenvalue weighted by molar-refractivity contribution is 8.00. The number of ether oxygens (including phenoxy) is 1. The van der Waals surface area contributed by atoms with Crippen LogP contribution in [-0.4, -0.2) is 76.7 Å². The van der Waals surface area contributed by atoms with Crippen molar-refractivity contribution in [3.8, 4) is 0 Å². The van der Waals surface area contributed by atoms with Gasteiger partial charge in [-0.15, -0.1) is 11.8 Å². The molecule has 25 heavy (non-hydrogen) atoms. The van der Waals surface area contributed by atoms with E-state index in [1.165, 1.54) is 32.8 Å². The molecule has 0 aromatic heterocycles. The number of carboxylic acid groups (broad SMARTS) is 1. The number of nitrogens with zero attached hydrogens (tertiary/aromatic N) is 2. The highest BCUT2D eigenvalue weighted by Gasteiger charge is 2.72. The van der Waals surface area contributed by atoms with Crippen molar-refractivity contribution in [3.63, 3.8) is 0 Å². The number of hydrogen-bond acceptors (Lipinski definition) is 8. The van der Waals surface area contributed by atoms with E-state index in [1.54, 1.807) is 0 Å². The smallest absolute Gasteiger partial charge is 0.352 e. The molecule has 1 saturated heterocycles. The summed E-state index contributed by atoms with van der Waals surface area (Å²) in [6.45, 7) is 0.957. The Balaban J connectivity index is 2.44. The fourth-order valence-electron chi connectivity index (χ4n) is 2.83. The predicted molar refractivity (Wildman–Crippen MR) is 89.6 cm³/mol. The molecule has 2 rings (SSSR count). The summed E-state index contributed by atoms with van der Waals surface area (Å²) in [5, 5.41) is 6.78. The van der Waals surface area contributed by atoms with Crippen molar-refractivity contribution in [1.29, 1.82) is 0 Å². The minimum atomic E-state index is -3.74. The van der Waals surface area contributed by atoms with Crippen molar-refractivity contribution in [2.24, 2.45) is 5.73 Å². The lowest BCUT2D eigenvalue weighted by molar-refractivity contribution is -0.151. The highest BCUT2D eigenvalue weighted by Crippen LogP contribution is 2.66. The molecule has 10 nitrogen and oxygen atoms in total. The first-order chi connectivity index (χ1) is 11.5. The molecule has 0 spiro atoms. The number of esters is 1. The maximum absolute atomic E-state index is 13.1. The third-order valence-electron chi connectivity index (χ3n) is 4.06. The quantitative estimate of drug-likeness (QED) is 0.356. The second-order valence-electron chi connectivity index (χ2n) is 5.75. The van der Waals surface area contributed by atoms with E-state index in [9.17, 15) is 24.1 Å². The second kappa shape index (κ2) is 6.73. The molecule has 0 aliphatic carbocycles. The number of carbonyl (C=O) groups excluding carboxylic acids is 2. The van der Waals surface area contributed by atoms with Crippen LogP contribution in [0.4, 0.5) is 0 Å². The van der Waals surface area contributed by atoms with E-state index in [-0.39, 0.29) is 23.6 Å². The zero-order valence-corrected chi connectivity index (χ0v) is 15.9. The molecule has 0 radical (unpaired) electrons. The van der Waals surface area contributed by atoms with E-state index < -0.39 is 36.0 Å². The van der Waals surface area contributed by atoms with Crippen LogP contribution in [0.5, 0.6) is 0 Å². The lowest BCUT2D eigenvalue weighted by Crippen LogP contribution is -2.78.